The van der Waals surface area contributed by atoms with Crippen LogP contribution in [-0.2, 0) is 19.1 Å². The third-order valence-corrected chi connectivity index (χ3v) is 3.63. The largest absolute Gasteiger partial charge is 0.464 e. The number of nitrogens with two attached hydrogens (primary N) is 1. The molecule has 0 fully saturated rings. The number of thioether (sulfide) groups is 1. The molecule has 0 radical (unpaired) electrons. The summed E-state index contributed by atoms with van der Waals surface area (Å²) in [5.41, 5.74) is 5.97. The maximum absolute atomic E-state index is 12.0. The number of amides is 1. The van der Waals surface area contributed by atoms with Gasteiger partial charge < -0.3 is 20.5 Å². The van der Waals surface area contributed by atoms with Crippen LogP contribution in [0, 0.1) is 0 Å². The van der Waals surface area contributed by atoms with Gasteiger partial charge in [0.1, 0.15) is 6.04 Å². The van der Waals surface area contributed by atoms with E-state index in [1.165, 1.54) is 7.11 Å². The predicted molar refractivity (Wildman–Crippen MR) is 80.6 cm³/mol. The topological polar surface area (TPSA) is 90.6 Å². The van der Waals surface area contributed by atoms with Gasteiger partial charge in [-0.1, -0.05) is 6.92 Å². The van der Waals surface area contributed by atoms with Crippen LogP contribution in [0.1, 0.15) is 27.2 Å². The van der Waals surface area contributed by atoms with Crippen molar-refractivity contribution in [2.45, 2.75) is 45.4 Å². The van der Waals surface area contributed by atoms with E-state index >= 15 is 0 Å². The van der Waals surface area contributed by atoms with E-state index in [9.17, 15) is 9.59 Å². The van der Waals surface area contributed by atoms with Crippen LogP contribution in [0.3, 0.4) is 0 Å². The molecule has 0 rings (SSSR count). The molecule has 20 heavy (non-hydrogen) atoms. The minimum atomic E-state index is -0.760. The first kappa shape index (κ1) is 19.2. The van der Waals surface area contributed by atoms with Crippen molar-refractivity contribution >= 4 is 23.6 Å². The maximum Gasteiger partial charge on any atom is 0.328 e. The molecule has 1 unspecified atom stereocenters. The normalized spacial score (nSPS) is 15.2. The van der Waals surface area contributed by atoms with E-state index in [1.54, 1.807) is 25.6 Å². The lowest BCUT2D eigenvalue weighted by molar-refractivity contribution is -0.148. The van der Waals surface area contributed by atoms with E-state index in [0.29, 0.717) is 6.42 Å². The average Bonchev–Trinajstić information content (AvgIpc) is 2.40. The zero-order valence-corrected chi connectivity index (χ0v) is 13.5. The van der Waals surface area contributed by atoms with Crippen LogP contribution >= 0.6 is 11.8 Å². The van der Waals surface area contributed by atoms with E-state index in [2.05, 4.69) is 12.2 Å². The monoisotopic (exact) mass is 306 g/mol. The van der Waals surface area contributed by atoms with Crippen LogP contribution in [0.25, 0.3) is 0 Å². The molecule has 6 nitrogen and oxygen atoms in total. The highest BCUT2D eigenvalue weighted by atomic mass is 32.2. The molecule has 0 aliphatic rings. The van der Waals surface area contributed by atoms with E-state index in [1.807, 2.05) is 0 Å². The lowest BCUT2D eigenvalue weighted by Crippen LogP contribution is -2.51. The highest BCUT2D eigenvalue weighted by Crippen LogP contribution is 2.08. The summed E-state index contributed by atoms with van der Waals surface area (Å²) < 4.78 is 9.98. The van der Waals surface area contributed by atoms with Gasteiger partial charge in [-0.3, -0.25) is 4.79 Å². The zero-order valence-electron chi connectivity index (χ0n) is 12.7. The van der Waals surface area contributed by atoms with Gasteiger partial charge in [-0.05, 0) is 31.8 Å². The Kier molecular flexibility index (Phi) is 10.5. The van der Waals surface area contributed by atoms with E-state index < -0.39 is 24.2 Å². The van der Waals surface area contributed by atoms with Crippen molar-refractivity contribution in [1.82, 2.24) is 5.32 Å². The standard InChI is InChI=1S/C13H26N2O4S/c1-5-19-13(17)9(3)15-12(16)11(18-4)10(14)7-8-20-6-2/h9-11H,5-8,14H2,1-4H3,(H,15,16)/t9-,10+,11?/m0/s1. The van der Waals surface area contributed by atoms with Gasteiger partial charge in [0.15, 0.2) is 6.10 Å². The third kappa shape index (κ3) is 7.12. The smallest absolute Gasteiger partial charge is 0.328 e. The van der Waals surface area contributed by atoms with Crippen LogP contribution in [0.5, 0.6) is 0 Å². The number of esters is 1. The first-order chi connectivity index (χ1) is 9.47. The Hall–Kier alpha value is -0.790. The van der Waals surface area contributed by atoms with Crippen molar-refractivity contribution in [2.24, 2.45) is 5.73 Å². The van der Waals surface area contributed by atoms with Crippen molar-refractivity contribution in [2.75, 3.05) is 25.2 Å². The molecule has 7 heteroatoms. The second kappa shape index (κ2) is 10.9. The summed E-state index contributed by atoms with van der Waals surface area (Å²) in [5.74, 6) is 1.03. The maximum atomic E-state index is 12.0. The Morgan fingerprint density at radius 1 is 1.35 bits per heavy atom. The second-order valence-corrected chi connectivity index (χ2v) is 5.68. The summed E-state index contributed by atoms with van der Waals surface area (Å²) in [4.78, 5) is 23.5. The SMILES string of the molecule is CCOC(=O)[C@H](C)NC(=O)C(OC)[C@H](N)CCSCC. The fourth-order valence-electron chi connectivity index (χ4n) is 1.61. The van der Waals surface area contributed by atoms with E-state index in [0.717, 1.165) is 11.5 Å². The lowest BCUT2D eigenvalue weighted by Gasteiger charge is -2.23. The Morgan fingerprint density at radius 3 is 2.50 bits per heavy atom. The molecule has 3 atom stereocenters. The highest BCUT2D eigenvalue weighted by molar-refractivity contribution is 7.99. The number of hydrogen-bond donors (Lipinski definition) is 2. The number of hydrogen-bond acceptors (Lipinski definition) is 6. The first-order valence-electron chi connectivity index (χ1n) is 6.80. The highest BCUT2D eigenvalue weighted by Gasteiger charge is 2.28. The summed E-state index contributed by atoms with van der Waals surface area (Å²) in [6.45, 7) is 5.63. The number of carbonyl (C=O) groups is 2. The van der Waals surface area contributed by atoms with Crippen LogP contribution in [-0.4, -0.2) is 55.3 Å². The van der Waals surface area contributed by atoms with Crippen molar-refractivity contribution < 1.29 is 19.1 Å². The molecule has 0 bridgehead atoms. The zero-order chi connectivity index (χ0) is 15.5. The molecule has 0 aliphatic heterocycles. The molecule has 1 amide bonds. The van der Waals surface area contributed by atoms with Gasteiger partial charge in [-0.25, -0.2) is 4.79 Å². The fraction of sp³-hybridized carbons (Fsp3) is 0.846. The molecule has 0 aromatic carbocycles. The molecular weight excluding hydrogens is 280 g/mol. The molecule has 0 aliphatic carbocycles. The number of carbonyl (C=O) groups excluding carboxylic acids is 2. The Morgan fingerprint density at radius 2 is 2.00 bits per heavy atom. The first-order valence-corrected chi connectivity index (χ1v) is 7.96. The molecule has 118 valence electrons. The number of nitrogens with one attached hydrogen (secondary N) is 1. The second-order valence-electron chi connectivity index (χ2n) is 4.29. The lowest BCUT2D eigenvalue weighted by atomic mass is 10.1. The summed E-state index contributed by atoms with van der Waals surface area (Å²) in [5, 5.41) is 2.56. The Balaban J connectivity index is 4.35. The predicted octanol–water partition coefficient (Wildman–Crippen LogP) is 0.540. The number of ether oxygens (including phenoxy) is 2. The Labute approximate surface area is 125 Å². The third-order valence-electron chi connectivity index (χ3n) is 2.70. The van der Waals surface area contributed by atoms with Crippen molar-refractivity contribution in [3.05, 3.63) is 0 Å². The minimum absolute atomic E-state index is 0.278. The van der Waals surface area contributed by atoms with Gasteiger partial charge in [0, 0.05) is 13.2 Å². The van der Waals surface area contributed by atoms with Crippen molar-refractivity contribution in [1.29, 1.82) is 0 Å². The number of rotatable bonds is 10. The molecule has 3 N–H and O–H groups in total. The van der Waals surface area contributed by atoms with Gasteiger partial charge in [0.05, 0.1) is 6.61 Å². The minimum Gasteiger partial charge on any atom is -0.464 e. The quantitative estimate of drug-likeness (QED) is 0.452. The number of methoxy groups -OCH3 is 1. The van der Waals surface area contributed by atoms with Crippen LogP contribution in [0.2, 0.25) is 0 Å². The molecular formula is C13H26N2O4S. The van der Waals surface area contributed by atoms with Gasteiger partial charge in [0.25, 0.3) is 5.91 Å². The summed E-state index contributed by atoms with van der Waals surface area (Å²) in [6, 6.07) is -1.11. The van der Waals surface area contributed by atoms with Gasteiger partial charge in [-0.2, -0.15) is 11.8 Å². The molecule has 0 spiro atoms. The summed E-state index contributed by atoms with van der Waals surface area (Å²) >= 11 is 1.76. The summed E-state index contributed by atoms with van der Waals surface area (Å²) in [6.07, 6.45) is -0.0811. The van der Waals surface area contributed by atoms with Crippen molar-refractivity contribution in [3.8, 4) is 0 Å². The molecule has 0 aromatic heterocycles. The summed E-state index contributed by atoms with van der Waals surface area (Å²) in [7, 11) is 1.44. The average molecular weight is 306 g/mol. The Bertz CT molecular complexity index is 302. The molecule has 0 saturated heterocycles. The van der Waals surface area contributed by atoms with Gasteiger partial charge in [-0.15, -0.1) is 0 Å². The van der Waals surface area contributed by atoms with Gasteiger partial charge >= 0.3 is 5.97 Å². The molecule has 0 aromatic rings. The van der Waals surface area contributed by atoms with Crippen LogP contribution in [0.15, 0.2) is 0 Å². The van der Waals surface area contributed by atoms with Crippen LogP contribution < -0.4 is 11.1 Å². The molecule has 0 heterocycles. The molecule has 0 saturated carbocycles. The van der Waals surface area contributed by atoms with Crippen molar-refractivity contribution in [3.63, 3.8) is 0 Å². The van der Waals surface area contributed by atoms with Crippen LogP contribution in [0.4, 0.5) is 0 Å². The van der Waals surface area contributed by atoms with E-state index in [4.69, 9.17) is 15.2 Å². The van der Waals surface area contributed by atoms with E-state index in [-0.39, 0.29) is 12.5 Å². The fourth-order valence-corrected chi connectivity index (χ4v) is 2.34. The van der Waals surface area contributed by atoms with Gasteiger partial charge in [0.2, 0.25) is 0 Å².